The maximum absolute atomic E-state index is 12.2. The van der Waals surface area contributed by atoms with Crippen LogP contribution in [0.25, 0.3) is 0 Å². The Morgan fingerprint density at radius 1 is 1.25 bits per heavy atom. The first-order valence-corrected chi connectivity index (χ1v) is 10.1. The molecule has 0 radical (unpaired) electrons. The van der Waals surface area contributed by atoms with Gasteiger partial charge in [0.1, 0.15) is 11.4 Å². The molecule has 1 aromatic carbocycles. The van der Waals surface area contributed by atoms with Crippen molar-refractivity contribution < 1.29 is 14.6 Å². The van der Waals surface area contributed by atoms with Crippen molar-refractivity contribution in [3.8, 4) is 5.75 Å². The van der Waals surface area contributed by atoms with Crippen LogP contribution in [0.1, 0.15) is 29.8 Å². The van der Waals surface area contributed by atoms with E-state index < -0.39 is 5.60 Å². The van der Waals surface area contributed by atoms with Gasteiger partial charge in [0.05, 0.1) is 13.7 Å². The van der Waals surface area contributed by atoms with Crippen LogP contribution in [0, 0.1) is 0 Å². The first-order valence-electron chi connectivity index (χ1n) is 9.15. The number of ether oxygens (including phenoxy) is 1. The van der Waals surface area contributed by atoms with Gasteiger partial charge in [-0.15, -0.1) is 0 Å². The van der Waals surface area contributed by atoms with Crippen molar-refractivity contribution in [2.75, 3.05) is 33.3 Å². The molecule has 28 heavy (non-hydrogen) atoms. The van der Waals surface area contributed by atoms with Crippen molar-refractivity contribution in [1.82, 2.24) is 16.0 Å². The molecule has 1 unspecified atom stereocenters. The quantitative estimate of drug-likeness (QED) is 0.291. The van der Waals surface area contributed by atoms with Crippen LogP contribution in [-0.4, -0.2) is 50.3 Å². The average Bonchev–Trinajstić information content (AvgIpc) is 3.25. The molecule has 0 saturated carbocycles. The Morgan fingerprint density at radius 3 is 2.71 bits per heavy atom. The number of hydrogen-bond donors (Lipinski definition) is 4. The number of aliphatic imine (C=N–C) groups is 1. The summed E-state index contributed by atoms with van der Waals surface area (Å²) in [6.07, 6.45) is 0. The molecule has 0 fully saturated rings. The van der Waals surface area contributed by atoms with E-state index >= 15 is 0 Å². The summed E-state index contributed by atoms with van der Waals surface area (Å²) in [5.41, 5.74) is 0.373. The topological polar surface area (TPSA) is 95.0 Å². The molecule has 0 bridgehead atoms. The lowest BCUT2D eigenvalue weighted by Gasteiger charge is -2.21. The van der Waals surface area contributed by atoms with Crippen LogP contribution in [0.4, 0.5) is 0 Å². The number of nitrogens with zero attached hydrogens (tertiary/aromatic N) is 1. The number of guanidine groups is 1. The largest absolute Gasteiger partial charge is 0.497 e. The van der Waals surface area contributed by atoms with Crippen molar-refractivity contribution in [3.05, 3.63) is 52.2 Å². The van der Waals surface area contributed by atoms with Crippen LogP contribution >= 0.6 is 11.3 Å². The lowest BCUT2D eigenvalue weighted by molar-refractivity contribution is 0.0677. The van der Waals surface area contributed by atoms with Gasteiger partial charge in [-0.1, -0.05) is 6.07 Å². The van der Waals surface area contributed by atoms with Crippen molar-refractivity contribution in [2.24, 2.45) is 4.99 Å². The second-order valence-corrected chi connectivity index (χ2v) is 7.18. The average molecular weight is 405 g/mol. The van der Waals surface area contributed by atoms with E-state index in [9.17, 15) is 9.90 Å². The number of nitrogens with one attached hydrogen (secondary N) is 3. The Bertz CT molecular complexity index is 776. The third-order valence-electron chi connectivity index (χ3n) is 4.07. The van der Waals surface area contributed by atoms with E-state index in [1.54, 1.807) is 49.6 Å². The number of hydrogen-bond acceptors (Lipinski definition) is 5. The fourth-order valence-electron chi connectivity index (χ4n) is 2.46. The molecule has 1 amide bonds. The van der Waals surface area contributed by atoms with Gasteiger partial charge in [-0.05, 0) is 54.4 Å². The van der Waals surface area contributed by atoms with Gasteiger partial charge in [0.2, 0.25) is 0 Å². The normalized spacial score (nSPS) is 13.5. The Balaban J connectivity index is 1.83. The Labute approximate surface area is 169 Å². The van der Waals surface area contributed by atoms with Crippen LogP contribution in [0.15, 0.2) is 46.1 Å². The summed E-state index contributed by atoms with van der Waals surface area (Å²) in [5, 5.41) is 23.6. The zero-order valence-electron chi connectivity index (χ0n) is 16.5. The minimum absolute atomic E-state index is 0.164. The van der Waals surface area contributed by atoms with Gasteiger partial charge in [-0.3, -0.25) is 4.79 Å². The fourth-order valence-corrected chi connectivity index (χ4v) is 3.24. The predicted molar refractivity (Wildman–Crippen MR) is 113 cm³/mol. The van der Waals surface area contributed by atoms with E-state index in [-0.39, 0.29) is 12.5 Å². The summed E-state index contributed by atoms with van der Waals surface area (Å²) in [7, 11) is 1.57. The monoisotopic (exact) mass is 404 g/mol. The Morgan fingerprint density at radius 2 is 2.04 bits per heavy atom. The van der Waals surface area contributed by atoms with E-state index in [4.69, 9.17) is 4.74 Å². The summed E-state index contributed by atoms with van der Waals surface area (Å²) < 4.78 is 5.13. The first kappa shape index (κ1) is 21.7. The lowest BCUT2D eigenvalue weighted by atomic mass is 10.00. The highest BCUT2D eigenvalue weighted by Crippen LogP contribution is 2.23. The van der Waals surface area contributed by atoms with Crippen molar-refractivity contribution >= 4 is 23.2 Å². The number of amides is 1. The molecule has 8 heteroatoms. The van der Waals surface area contributed by atoms with Gasteiger partial charge < -0.3 is 25.8 Å². The standard InChI is InChI=1S/C20H28N4O3S/c1-4-21-19(24-14-20(2,26)16-8-11-28-13-16)23-10-9-22-18(25)15-6-5-7-17(12-15)27-3/h5-8,11-13,26H,4,9-10,14H2,1-3H3,(H,22,25)(H2,21,23,24). The minimum atomic E-state index is -1.02. The summed E-state index contributed by atoms with van der Waals surface area (Å²) in [4.78, 5) is 16.7. The SMILES string of the molecule is CCNC(=NCC(C)(O)c1ccsc1)NCCNC(=O)c1cccc(OC)c1. The third kappa shape index (κ3) is 6.54. The molecule has 0 aliphatic rings. The van der Waals surface area contributed by atoms with Gasteiger partial charge in [0.25, 0.3) is 5.91 Å². The zero-order chi connectivity index (χ0) is 20.4. The number of aliphatic hydroxyl groups is 1. The molecule has 1 atom stereocenters. The van der Waals surface area contributed by atoms with Gasteiger partial charge in [0, 0.05) is 25.2 Å². The Hall–Kier alpha value is -2.58. The smallest absolute Gasteiger partial charge is 0.251 e. The second kappa shape index (κ2) is 10.7. The highest BCUT2D eigenvalue weighted by molar-refractivity contribution is 7.08. The molecule has 2 aromatic rings. The number of carbonyl (C=O) groups excluding carboxylic acids is 1. The van der Waals surface area contributed by atoms with Gasteiger partial charge in [0.15, 0.2) is 5.96 Å². The molecule has 0 spiro atoms. The molecule has 0 aliphatic heterocycles. The van der Waals surface area contributed by atoms with Crippen LogP contribution < -0.4 is 20.7 Å². The second-order valence-electron chi connectivity index (χ2n) is 6.40. The van der Waals surface area contributed by atoms with Crippen LogP contribution in [0.3, 0.4) is 0 Å². The zero-order valence-corrected chi connectivity index (χ0v) is 17.3. The molecule has 1 heterocycles. The van der Waals surface area contributed by atoms with Crippen molar-refractivity contribution in [3.63, 3.8) is 0 Å². The summed E-state index contributed by atoms with van der Waals surface area (Å²) in [5.74, 6) is 1.07. The highest BCUT2D eigenvalue weighted by Gasteiger charge is 2.23. The lowest BCUT2D eigenvalue weighted by Crippen LogP contribution is -2.42. The molecule has 152 valence electrons. The van der Waals surface area contributed by atoms with Crippen LogP contribution in [0.5, 0.6) is 5.75 Å². The molecular weight excluding hydrogens is 376 g/mol. The van der Waals surface area contributed by atoms with Crippen molar-refractivity contribution in [1.29, 1.82) is 0 Å². The van der Waals surface area contributed by atoms with E-state index in [1.165, 1.54) is 0 Å². The summed E-state index contributed by atoms with van der Waals surface area (Å²) in [6.45, 7) is 5.58. The van der Waals surface area contributed by atoms with E-state index in [0.717, 1.165) is 5.56 Å². The van der Waals surface area contributed by atoms with E-state index in [1.807, 2.05) is 23.8 Å². The molecular formula is C20H28N4O3S. The van der Waals surface area contributed by atoms with Crippen LogP contribution in [-0.2, 0) is 5.60 Å². The molecule has 7 nitrogen and oxygen atoms in total. The van der Waals surface area contributed by atoms with E-state index in [0.29, 0.717) is 36.9 Å². The summed E-state index contributed by atoms with van der Waals surface area (Å²) >= 11 is 1.54. The number of methoxy groups -OCH3 is 1. The van der Waals surface area contributed by atoms with Gasteiger partial charge in [-0.25, -0.2) is 4.99 Å². The third-order valence-corrected chi connectivity index (χ3v) is 4.75. The van der Waals surface area contributed by atoms with Crippen molar-refractivity contribution in [2.45, 2.75) is 19.4 Å². The van der Waals surface area contributed by atoms with Crippen LogP contribution in [0.2, 0.25) is 0 Å². The minimum Gasteiger partial charge on any atom is -0.497 e. The first-order chi connectivity index (χ1) is 13.5. The highest BCUT2D eigenvalue weighted by atomic mass is 32.1. The molecule has 0 aliphatic carbocycles. The summed E-state index contributed by atoms with van der Waals surface area (Å²) in [6, 6.07) is 8.91. The molecule has 1 aromatic heterocycles. The Kier molecular flexibility index (Phi) is 8.28. The molecule has 4 N–H and O–H groups in total. The maximum atomic E-state index is 12.2. The predicted octanol–water partition coefficient (Wildman–Crippen LogP) is 1.95. The number of benzene rings is 1. The van der Waals surface area contributed by atoms with E-state index in [2.05, 4.69) is 20.9 Å². The van der Waals surface area contributed by atoms with Gasteiger partial charge >= 0.3 is 0 Å². The fraction of sp³-hybridized carbons (Fsp3) is 0.400. The van der Waals surface area contributed by atoms with Gasteiger partial charge in [-0.2, -0.15) is 11.3 Å². The number of thiophene rings is 1. The number of rotatable bonds is 9. The maximum Gasteiger partial charge on any atom is 0.251 e. The number of carbonyl (C=O) groups is 1. The molecule has 2 rings (SSSR count). The molecule has 0 saturated heterocycles.